The van der Waals surface area contributed by atoms with E-state index in [9.17, 15) is 4.79 Å². The Morgan fingerprint density at radius 1 is 1.04 bits per heavy atom. The third kappa shape index (κ3) is 2.48. The van der Waals surface area contributed by atoms with E-state index in [1.807, 2.05) is 41.3 Å². The van der Waals surface area contributed by atoms with Gasteiger partial charge in [0.05, 0.1) is 19.3 Å². The largest absolute Gasteiger partial charge is 0.378 e. The maximum absolute atomic E-state index is 13.3. The van der Waals surface area contributed by atoms with Gasteiger partial charge in [0, 0.05) is 23.3 Å². The summed E-state index contributed by atoms with van der Waals surface area (Å²) in [5.41, 5.74) is 3.17. The Morgan fingerprint density at radius 2 is 1.81 bits per heavy atom. The molecule has 2 aromatic carbocycles. The molecule has 3 aliphatic heterocycles. The quantitative estimate of drug-likeness (QED) is 0.836. The number of carbonyl (C=O) groups is 1. The molecule has 0 radical (unpaired) electrons. The van der Waals surface area contributed by atoms with Crippen LogP contribution in [0.3, 0.4) is 0 Å². The molecule has 3 heterocycles. The van der Waals surface area contributed by atoms with Crippen LogP contribution >= 0.6 is 0 Å². The van der Waals surface area contributed by atoms with E-state index >= 15 is 0 Å². The fourth-order valence-electron chi connectivity index (χ4n) is 4.92. The Kier molecular flexibility index (Phi) is 3.84. The van der Waals surface area contributed by atoms with E-state index in [1.54, 1.807) is 0 Å². The first-order chi connectivity index (χ1) is 12.8. The van der Waals surface area contributed by atoms with E-state index < -0.39 is 0 Å². The van der Waals surface area contributed by atoms with Crippen molar-refractivity contribution in [2.75, 3.05) is 31.2 Å². The van der Waals surface area contributed by atoms with Gasteiger partial charge in [-0.1, -0.05) is 36.4 Å². The lowest BCUT2D eigenvalue weighted by atomic mass is 9.82. The van der Waals surface area contributed by atoms with Gasteiger partial charge < -0.3 is 9.64 Å². The lowest BCUT2D eigenvalue weighted by Gasteiger charge is -2.51. The maximum Gasteiger partial charge on any atom is 0.258 e. The van der Waals surface area contributed by atoms with E-state index in [0.29, 0.717) is 6.04 Å². The summed E-state index contributed by atoms with van der Waals surface area (Å²) in [7, 11) is 0. The second kappa shape index (κ2) is 6.22. The van der Waals surface area contributed by atoms with Crippen LogP contribution in [0.5, 0.6) is 0 Å². The van der Waals surface area contributed by atoms with Crippen LogP contribution in [0.4, 0.5) is 5.69 Å². The molecule has 0 aromatic heterocycles. The predicted molar refractivity (Wildman–Crippen MR) is 102 cm³/mol. The molecule has 4 heteroatoms. The summed E-state index contributed by atoms with van der Waals surface area (Å²) in [5.74, 6) is 0.105. The number of benzene rings is 2. The van der Waals surface area contributed by atoms with Gasteiger partial charge in [-0.05, 0) is 49.6 Å². The zero-order chi connectivity index (χ0) is 17.6. The molecule has 2 fully saturated rings. The molecule has 1 atom stereocenters. The number of hydrogen-bond acceptors (Lipinski definition) is 3. The van der Waals surface area contributed by atoms with Crippen molar-refractivity contribution in [3.8, 4) is 0 Å². The molecule has 4 nitrogen and oxygen atoms in total. The van der Waals surface area contributed by atoms with Crippen LogP contribution in [0.15, 0.2) is 54.6 Å². The zero-order valence-corrected chi connectivity index (χ0v) is 14.9. The number of rotatable bonds is 2. The van der Waals surface area contributed by atoms with Crippen LogP contribution in [-0.2, 0) is 11.2 Å². The molecule has 0 N–H and O–H groups in total. The Balaban J connectivity index is 1.55. The smallest absolute Gasteiger partial charge is 0.258 e. The molecule has 2 aromatic rings. The van der Waals surface area contributed by atoms with E-state index in [0.717, 1.165) is 50.4 Å². The lowest BCUT2D eigenvalue weighted by Crippen LogP contribution is -2.63. The maximum atomic E-state index is 13.3. The summed E-state index contributed by atoms with van der Waals surface area (Å²) in [4.78, 5) is 18.0. The van der Waals surface area contributed by atoms with E-state index in [1.165, 1.54) is 12.0 Å². The highest BCUT2D eigenvalue weighted by Gasteiger charge is 2.50. The van der Waals surface area contributed by atoms with Gasteiger partial charge in [-0.2, -0.15) is 0 Å². The van der Waals surface area contributed by atoms with Crippen molar-refractivity contribution >= 4 is 11.6 Å². The summed E-state index contributed by atoms with van der Waals surface area (Å²) in [6.07, 6.45) is 3.38. The minimum absolute atomic E-state index is 0.0488. The molecule has 1 unspecified atom stereocenters. The number of carbonyl (C=O) groups excluding carboxylic acids is 1. The molecular formula is C22H24N2O2. The molecular weight excluding hydrogens is 324 g/mol. The normalized spacial score (nSPS) is 25.9. The molecule has 1 amide bonds. The van der Waals surface area contributed by atoms with Gasteiger partial charge in [0.25, 0.3) is 5.91 Å². The molecule has 26 heavy (non-hydrogen) atoms. The summed E-state index contributed by atoms with van der Waals surface area (Å²) in [6, 6.07) is 18.6. The van der Waals surface area contributed by atoms with Crippen LogP contribution < -0.4 is 4.90 Å². The Bertz CT molecular complexity index is 818. The van der Waals surface area contributed by atoms with E-state index in [-0.39, 0.29) is 11.4 Å². The molecule has 5 rings (SSSR count). The molecule has 1 spiro atoms. The predicted octanol–water partition coefficient (Wildman–Crippen LogP) is 3.12. The molecule has 0 saturated carbocycles. The third-order valence-electron chi connectivity index (χ3n) is 6.23. The molecule has 0 bridgehead atoms. The number of hydrogen-bond donors (Lipinski definition) is 0. The fourth-order valence-corrected chi connectivity index (χ4v) is 4.92. The van der Waals surface area contributed by atoms with Gasteiger partial charge in [0.1, 0.15) is 0 Å². The number of anilines is 1. The summed E-state index contributed by atoms with van der Waals surface area (Å²) < 4.78 is 5.47. The van der Waals surface area contributed by atoms with Crippen molar-refractivity contribution in [2.24, 2.45) is 0 Å². The number of amides is 1. The second-order valence-corrected chi connectivity index (χ2v) is 7.78. The van der Waals surface area contributed by atoms with Crippen LogP contribution in [-0.4, -0.2) is 48.7 Å². The van der Waals surface area contributed by atoms with Gasteiger partial charge in [-0.15, -0.1) is 0 Å². The van der Waals surface area contributed by atoms with Crippen LogP contribution in [0.25, 0.3) is 0 Å². The van der Waals surface area contributed by atoms with Gasteiger partial charge in [0.2, 0.25) is 0 Å². The summed E-state index contributed by atoms with van der Waals surface area (Å²) in [6.45, 7) is 3.55. The molecule has 134 valence electrons. The average molecular weight is 348 g/mol. The van der Waals surface area contributed by atoms with E-state index in [2.05, 4.69) is 23.1 Å². The number of nitrogens with zero attached hydrogens (tertiary/aromatic N) is 2. The highest BCUT2D eigenvalue weighted by atomic mass is 16.5. The number of para-hydroxylation sites is 1. The van der Waals surface area contributed by atoms with Crippen molar-refractivity contribution < 1.29 is 9.53 Å². The van der Waals surface area contributed by atoms with Gasteiger partial charge in [-0.25, -0.2) is 0 Å². The van der Waals surface area contributed by atoms with Crippen LogP contribution in [0.2, 0.25) is 0 Å². The van der Waals surface area contributed by atoms with Crippen molar-refractivity contribution in [1.82, 2.24) is 4.90 Å². The minimum Gasteiger partial charge on any atom is -0.378 e. The number of fused-ring (bicyclic) bond motifs is 1. The summed E-state index contributed by atoms with van der Waals surface area (Å²) >= 11 is 0. The number of likely N-dealkylation sites (tertiary alicyclic amines) is 1. The first kappa shape index (κ1) is 16.0. The second-order valence-electron chi connectivity index (χ2n) is 7.78. The molecule has 2 saturated heterocycles. The first-order valence-electron chi connectivity index (χ1n) is 9.56. The van der Waals surface area contributed by atoms with Crippen molar-refractivity contribution in [3.63, 3.8) is 0 Å². The van der Waals surface area contributed by atoms with Crippen LogP contribution in [0, 0.1) is 0 Å². The fraction of sp³-hybridized carbons (Fsp3) is 0.409. The summed E-state index contributed by atoms with van der Waals surface area (Å²) in [5, 5.41) is 0. The van der Waals surface area contributed by atoms with Gasteiger partial charge in [-0.3, -0.25) is 9.69 Å². The van der Waals surface area contributed by atoms with Gasteiger partial charge >= 0.3 is 0 Å². The minimum atomic E-state index is 0.0488. The van der Waals surface area contributed by atoms with Crippen molar-refractivity contribution in [1.29, 1.82) is 0 Å². The van der Waals surface area contributed by atoms with E-state index in [4.69, 9.17) is 4.74 Å². The van der Waals surface area contributed by atoms with Gasteiger partial charge in [0.15, 0.2) is 0 Å². The first-order valence-corrected chi connectivity index (χ1v) is 9.56. The SMILES string of the molecule is O=C(c1ccccc1)N1CC2(CCCN2C2COC2)Cc2ccccc21. The van der Waals surface area contributed by atoms with Crippen molar-refractivity contribution in [2.45, 2.75) is 30.8 Å². The Morgan fingerprint density at radius 3 is 2.58 bits per heavy atom. The zero-order valence-electron chi connectivity index (χ0n) is 14.9. The van der Waals surface area contributed by atoms with Crippen LogP contribution in [0.1, 0.15) is 28.8 Å². The Hall–Kier alpha value is -2.17. The Labute approximate surface area is 154 Å². The average Bonchev–Trinajstić information content (AvgIpc) is 3.02. The highest BCUT2D eigenvalue weighted by Crippen LogP contribution is 2.43. The standard InChI is InChI=1S/C22H24N2O2/c25-21(17-7-2-1-3-8-17)23-16-22(13-18-9-4-5-10-20(18)23)11-6-12-24(22)19-14-26-15-19/h1-5,7-10,19H,6,11-16H2. The molecule has 3 aliphatic rings. The highest BCUT2D eigenvalue weighted by molar-refractivity contribution is 6.07. The third-order valence-corrected chi connectivity index (χ3v) is 6.23. The monoisotopic (exact) mass is 348 g/mol. The molecule has 0 aliphatic carbocycles. The topological polar surface area (TPSA) is 32.8 Å². The lowest BCUT2D eigenvalue weighted by molar-refractivity contribution is -0.0893. The van der Waals surface area contributed by atoms with Crippen molar-refractivity contribution in [3.05, 3.63) is 65.7 Å². The number of ether oxygens (including phenoxy) is 1.